The topological polar surface area (TPSA) is 83.2 Å². The lowest BCUT2D eigenvalue weighted by Gasteiger charge is -2.43. The van der Waals surface area contributed by atoms with Gasteiger partial charge in [0.25, 0.3) is 0 Å². The summed E-state index contributed by atoms with van der Waals surface area (Å²) >= 11 is 0. The fourth-order valence-electron chi connectivity index (χ4n) is 5.13. The number of furan rings is 1. The van der Waals surface area contributed by atoms with E-state index in [9.17, 15) is 15.0 Å². The van der Waals surface area contributed by atoms with E-state index >= 15 is 0 Å². The van der Waals surface area contributed by atoms with Gasteiger partial charge >= 0.3 is 0 Å². The van der Waals surface area contributed by atoms with Crippen molar-refractivity contribution < 1.29 is 24.2 Å². The number of aromatic hydroxyl groups is 2. The maximum absolute atomic E-state index is 12.9. The number of allylic oxidation sites excluding steroid dienone is 1. The molecule has 3 atom stereocenters. The summed E-state index contributed by atoms with van der Waals surface area (Å²) in [6.07, 6.45) is 4.64. The Labute approximate surface area is 144 Å². The molecule has 5 rings (SSSR count). The van der Waals surface area contributed by atoms with Crippen molar-refractivity contribution in [3.63, 3.8) is 0 Å². The third-order valence-corrected chi connectivity index (χ3v) is 6.83. The molecule has 25 heavy (non-hydrogen) atoms. The van der Waals surface area contributed by atoms with Gasteiger partial charge in [-0.3, -0.25) is 4.79 Å². The Morgan fingerprint density at radius 3 is 2.56 bits per heavy atom. The van der Waals surface area contributed by atoms with Crippen LogP contribution < -0.4 is 0 Å². The van der Waals surface area contributed by atoms with Crippen molar-refractivity contribution in [2.45, 2.75) is 57.2 Å². The van der Waals surface area contributed by atoms with Crippen LogP contribution in [0, 0.1) is 6.92 Å². The van der Waals surface area contributed by atoms with E-state index in [2.05, 4.69) is 6.92 Å². The van der Waals surface area contributed by atoms with Gasteiger partial charge in [0.2, 0.25) is 0 Å². The maximum atomic E-state index is 12.9. The third-order valence-electron chi connectivity index (χ3n) is 6.83. The Hall–Kier alpha value is -2.27. The summed E-state index contributed by atoms with van der Waals surface area (Å²) in [5.41, 5.74) is 1.10. The van der Waals surface area contributed by atoms with Crippen molar-refractivity contribution in [1.82, 2.24) is 0 Å². The Balaban J connectivity index is 1.89. The van der Waals surface area contributed by atoms with Gasteiger partial charge in [0.1, 0.15) is 11.4 Å². The molecule has 0 amide bonds. The van der Waals surface area contributed by atoms with Crippen LogP contribution in [0.5, 0.6) is 11.5 Å². The van der Waals surface area contributed by atoms with Gasteiger partial charge in [0.15, 0.2) is 17.1 Å². The van der Waals surface area contributed by atoms with Crippen molar-refractivity contribution in [2.75, 3.05) is 0 Å². The third kappa shape index (κ3) is 1.44. The Kier molecular flexibility index (Phi) is 2.36. The summed E-state index contributed by atoms with van der Waals surface area (Å²) in [5.74, 6) is -0.449. The summed E-state index contributed by atoms with van der Waals surface area (Å²) in [5, 5.41) is 22.2. The van der Waals surface area contributed by atoms with Crippen LogP contribution in [0.3, 0.4) is 0 Å². The molecule has 3 aliphatic rings. The van der Waals surface area contributed by atoms with E-state index in [4.69, 9.17) is 9.15 Å². The molecule has 1 aromatic carbocycles. The number of carbonyl (C=O) groups is 1. The summed E-state index contributed by atoms with van der Waals surface area (Å²) in [4.78, 5) is 12.9. The van der Waals surface area contributed by atoms with Crippen LogP contribution in [0.25, 0.3) is 11.0 Å². The van der Waals surface area contributed by atoms with E-state index in [1.54, 1.807) is 13.0 Å². The number of hydrogen-bond donors (Lipinski definition) is 2. The molecule has 0 radical (unpaired) electrons. The number of carbonyl (C=O) groups excluding carboxylic acids is 1. The van der Waals surface area contributed by atoms with E-state index in [1.165, 1.54) is 6.26 Å². The van der Waals surface area contributed by atoms with Crippen molar-refractivity contribution >= 4 is 16.8 Å². The lowest BCUT2D eigenvalue weighted by molar-refractivity contribution is 0.103. The van der Waals surface area contributed by atoms with Gasteiger partial charge in [-0.2, -0.15) is 0 Å². The second-order valence-corrected chi connectivity index (χ2v) is 8.19. The van der Waals surface area contributed by atoms with Gasteiger partial charge < -0.3 is 19.4 Å². The molecule has 5 heteroatoms. The van der Waals surface area contributed by atoms with E-state index < -0.39 is 11.0 Å². The number of ether oxygens (including phenoxy) is 1. The Morgan fingerprint density at radius 2 is 1.84 bits per heavy atom. The monoisotopic (exact) mass is 340 g/mol. The van der Waals surface area contributed by atoms with Crippen molar-refractivity contribution in [3.8, 4) is 11.5 Å². The van der Waals surface area contributed by atoms with Crippen LogP contribution >= 0.6 is 0 Å². The first-order valence-electron chi connectivity index (χ1n) is 8.57. The fourth-order valence-corrected chi connectivity index (χ4v) is 5.13. The van der Waals surface area contributed by atoms with Gasteiger partial charge in [-0.05, 0) is 50.8 Å². The summed E-state index contributed by atoms with van der Waals surface area (Å²) in [6.45, 7) is 7.85. The SMILES string of the molecule is Cc1coc2c(O)c3c(c(O)c12)C(=O)C=C1[C@]3(C)CC[C@]2(C)O[C@]12C. The molecule has 0 spiro atoms. The Bertz CT molecular complexity index is 1030. The minimum atomic E-state index is -0.579. The molecular weight excluding hydrogens is 320 g/mol. The minimum absolute atomic E-state index is 0.0507. The predicted octanol–water partition coefficient (Wildman–Crippen LogP) is 3.87. The zero-order valence-corrected chi connectivity index (χ0v) is 14.7. The number of rotatable bonds is 0. The number of ketones is 1. The average molecular weight is 340 g/mol. The highest BCUT2D eigenvalue weighted by atomic mass is 16.6. The van der Waals surface area contributed by atoms with Gasteiger partial charge in [-0.25, -0.2) is 0 Å². The molecule has 130 valence electrons. The smallest absolute Gasteiger partial charge is 0.190 e. The normalized spacial score (nSPS) is 35.8. The fraction of sp³-hybridized carbons (Fsp3) is 0.450. The predicted molar refractivity (Wildman–Crippen MR) is 91.2 cm³/mol. The highest BCUT2D eigenvalue weighted by Gasteiger charge is 2.72. The van der Waals surface area contributed by atoms with Crippen LogP contribution in [-0.4, -0.2) is 27.2 Å². The van der Waals surface area contributed by atoms with Crippen LogP contribution in [-0.2, 0) is 10.2 Å². The zero-order chi connectivity index (χ0) is 17.9. The molecular formula is C20H20O5. The number of epoxide rings is 1. The molecule has 0 unspecified atom stereocenters. The molecule has 1 saturated heterocycles. The number of hydrogen-bond acceptors (Lipinski definition) is 5. The van der Waals surface area contributed by atoms with E-state index in [0.29, 0.717) is 16.5 Å². The standard InChI is InChI=1S/C20H20O5/c1-9-8-24-17-12(9)15(22)13-10(21)7-11-18(2,14(13)16(17)23)5-6-19(3)20(11,4)25-19/h7-8,22-23H,5-6H2,1-4H3/t18-,19-,20+/m0/s1. The first-order valence-corrected chi connectivity index (χ1v) is 8.57. The van der Waals surface area contributed by atoms with Crippen LogP contribution in [0.4, 0.5) is 0 Å². The van der Waals surface area contributed by atoms with E-state index in [1.807, 2.05) is 13.8 Å². The highest BCUT2D eigenvalue weighted by Crippen LogP contribution is 2.67. The number of phenolic OH excluding ortho intramolecular Hbond substituents is 2. The van der Waals surface area contributed by atoms with Gasteiger partial charge in [0.05, 0.1) is 22.8 Å². The second kappa shape index (κ2) is 3.93. The molecule has 2 heterocycles. The van der Waals surface area contributed by atoms with Gasteiger partial charge in [-0.1, -0.05) is 6.92 Å². The summed E-state index contributed by atoms with van der Waals surface area (Å²) in [6, 6.07) is 0. The van der Waals surface area contributed by atoms with Crippen LogP contribution in [0.2, 0.25) is 0 Å². The van der Waals surface area contributed by atoms with Crippen LogP contribution in [0.15, 0.2) is 22.3 Å². The molecule has 1 aromatic heterocycles. The van der Waals surface area contributed by atoms with Crippen molar-refractivity contribution in [1.29, 1.82) is 0 Å². The first-order chi connectivity index (χ1) is 11.6. The minimum Gasteiger partial charge on any atom is -0.506 e. The summed E-state index contributed by atoms with van der Waals surface area (Å²) in [7, 11) is 0. The number of aryl methyl sites for hydroxylation is 1. The largest absolute Gasteiger partial charge is 0.506 e. The van der Waals surface area contributed by atoms with Gasteiger partial charge in [-0.15, -0.1) is 0 Å². The maximum Gasteiger partial charge on any atom is 0.190 e. The molecule has 2 fully saturated rings. The molecule has 1 saturated carbocycles. The quantitative estimate of drug-likeness (QED) is 0.562. The van der Waals surface area contributed by atoms with E-state index in [0.717, 1.165) is 18.4 Å². The first kappa shape index (κ1) is 15.0. The summed E-state index contributed by atoms with van der Waals surface area (Å²) < 4.78 is 11.5. The highest BCUT2D eigenvalue weighted by molar-refractivity contribution is 6.15. The lowest BCUT2D eigenvalue weighted by Crippen LogP contribution is -2.44. The van der Waals surface area contributed by atoms with Crippen LogP contribution in [0.1, 0.15) is 55.1 Å². The molecule has 0 bridgehead atoms. The molecule has 2 aromatic rings. The molecule has 2 N–H and O–H groups in total. The van der Waals surface area contributed by atoms with E-state index in [-0.39, 0.29) is 34.0 Å². The zero-order valence-electron chi connectivity index (χ0n) is 14.7. The van der Waals surface area contributed by atoms with Gasteiger partial charge in [0, 0.05) is 11.0 Å². The number of fused-ring (bicyclic) bond motifs is 6. The lowest BCUT2D eigenvalue weighted by atomic mass is 9.57. The molecule has 5 nitrogen and oxygen atoms in total. The number of benzene rings is 1. The van der Waals surface area contributed by atoms with Crippen molar-refractivity contribution in [2.24, 2.45) is 0 Å². The molecule has 2 aliphatic carbocycles. The van der Waals surface area contributed by atoms with Crippen molar-refractivity contribution in [3.05, 3.63) is 34.6 Å². The average Bonchev–Trinajstić information content (AvgIpc) is 2.91. The Morgan fingerprint density at radius 1 is 1.12 bits per heavy atom. The number of phenols is 2. The second-order valence-electron chi connectivity index (χ2n) is 8.19. The molecule has 1 aliphatic heterocycles.